The number of benzene rings is 2. The second-order valence-electron chi connectivity index (χ2n) is 6.70. The first-order valence-corrected chi connectivity index (χ1v) is 10.7. The number of nitrogens with zero attached hydrogens (tertiary/aromatic N) is 3. The molecule has 0 saturated carbocycles. The van der Waals surface area contributed by atoms with E-state index in [-0.39, 0.29) is 5.91 Å². The monoisotopic (exact) mass is 410 g/mol. The first-order valence-electron chi connectivity index (χ1n) is 9.68. The van der Waals surface area contributed by atoms with Crippen molar-refractivity contribution in [1.29, 1.82) is 0 Å². The van der Waals surface area contributed by atoms with E-state index in [1.165, 1.54) is 11.8 Å². The molecule has 1 aromatic heterocycles. The van der Waals surface area contributed by atoms with E-state index in [9.17, 15) is 4.79 Å². The number of unbranched alkanes of at least 4 members (excludes halogenated alkanes) is 1. The van der Waals surface area contributed by atoms with E-state index in [4.69, 9.17) is 4.74 Å². The molecule has 1 amide bonds. The highest BCUT2D eigenvalue weighted by Crippen LogP contribution is 2.29. The largest absolute Gasteiger partial charge is 0.497 e. The summed E-state index contributed by atoms with van der Waals surface area (Å²) in [6.45, 7) is 4.86. The lowest BCUT2D eigenvalue weighted by molar-refractivity contribution is -0.118. The lowest BCUT2D eigenvalue weighted by atomic mass is 10.1. The Balaban J connectivity index is 1.90. The van der Waals surface area contributed by atoms with E-state index in [2.05, 4.69) is 28.5 Å². The number of ether oxygens (including phenoxy) is 1. The van der Waals surface area contributed by atoms with Crippen molar-refractivity contribution in [2.24, 2.45) is 0 Å². The highest BCUT2D eigenvalue weighted by atomic mass is 32.2. The van der Waals surface area contributed by atoms with Crippen molar-refractivity contribution >= 4 is 17.7 Å². The second-order valence-corrected chi connectivity index (χ2v) is 7.64. The van der Waals surface area contributed by atoms with Crippen LogP contribution in [0.5, 0.6) is 5.75 Å². The van der Waals surface area contributed by atoms with Gasteiger partial charge in [0.05, 0.1) is 12.9 Å². The van der Waals surface area contributed by atoms with Gasteiger partial charge in [-0.3, -0.25) is 9.36 Å². The van der Waals surface area contributed by atoms with Gasteiger partial charge in [0.1, 0.15) is 5.75 Å². The molecule has 0 saturated heterocycles. The fourth-order valence-corrected chi connectivity index (χ4v) is 3.67. The van der Waals surface area contributed by atoms with Gasteiger partial charge in [0, 0.05) is 17.8 Å². The molecule has 3 aromatic rings. The van der Waals surface area contributed by atoms with Crippen LogP contribution >= 0.6 is 11.8 Å². The summed E-state index contributed by atoms with van der Waals surface area (Å²) in [6, 6.07) is 15.9. The van der Waals surface area contributed by atoms with E-state index < -0.39 is 0 Å². The second kappa shape index (κ2) is 10.1. The quantitative estimate of drug-likeness (QED) is 0.422. The van der Waals surface area contributed by atoms with E-state index in [1.54, 1.807) is 7.11 Å². The average Bonchev–Trinajstić information content (AvgIpc) is 3.16. The Kier molecular flexibility index (Phi) is 7.30. The zero-order chi connectivity index (χ0) is 20.6. The SMILES string of the molecule is CCCCNC(=O)CSc1nnc(-c2cccc(C)c2)n1-c1ccc(OC)cc1. The summed E-state index contributed by atoms with van der Waals surface area (Å²) < 4.78 is 7.26. The third kappa shape index (κ3) is 5.38. The number of amides is 1. The Morgan fingerprint density at radius 3 is 2.66 bits per heavy atom. The lowest BCUT2D eigenvalue weighted by Crippen LogP contribution is -2.26. The topological polar surface area (TPSA) is 69.0 Å². The normalized spacial score (nSPS) is 10.7. The molecule has 1 heterocycles. The number of thioether (sulfide) groups is 1. The maximum atomic E-state index is 12.1. The number of hydrogen-bond acceptors (Lipinski definition) is 5. The number of rotatable bonds is 9. The minimum absolute atomic E-state index is 0.00448. The number of carbonyl (C=O) groups excluding carboxylic acids is 1. The van der Waals surface area contributed by atoms with Crippen LogP contribution in [-0.4, -0.2) is 40.1 Å². The zero-order valence-electron chi connectivity index (χ0n) is 17.0. The smallest absolute Gasteiger partial charge is 0.230 e. The number of methoxy groups -OCH3 is 1. The van der Waals surface area contributed by atoms with Gasteiger partial charge < -0.3 is 10.1 Å². The van der Waals surface area contributed by atoms with Crippen molar-refractivity contribution in [1.82, 2.24) is 20.1 Å². The van der Waals surface area contributed by atoms with Crippen LogP contribution in [0.1, 0.15) is 25.3 Å². The number of hydrogen-bond donors (Lipinski definition) is 1. The van der Waals surface area contributed by atoms with Gasteiger partial charge in [-0.05, 0) is 43.7 Å². The third-order valence-corrected chi connectivity index (χ3v) is 5.35. The molecule has 1 N–H and O–H groups in total. The molecule has 0 fully saturated rings. The molecule has 0 aliphatic carbocycles. The molecule has 3 rings (SSSR count). The molecule has 7 heteroatoms. The van der Waals surface area contributed by atoms with Crippen LogP contribution in [-0.2, 0) is 4.79 Å². The predicted molar refractivity (Wildman–Crippen MR) is 117 cm³/mol. The van der Waals surface area contributed by atoms with Crippen LogP contribution in [0.2, 0.25) is 0 Å². The lowest BCUT2D eigenvalue weighted by Gasteiger charge is -2.11. The van der Waals surface area contributed by atoms with Crippen molar-refractivity contribution in [3.05, 3.63) is 54.1 Å². The van der Waals surface area contributed by atoms with Gasteiger partial charge in [-0.1, -0.05) is 48.9 Å². The van der Waals surface area contributed by atoms with Gasteiger partial charge in [0.15, 0.2) is 11.0 Å². The Bertz CT molecular complexity index is 954. The van der Waals surface area contributed by atoms with Crippen molar-refractivity contribution in [3.63, 3.8) is 0 Å². The summed E-state index contributed by atoms with van der Waals surface area (Å²) in [5, 5.41) is 12.4. The average molecular weight is 411 g/mol. The number of carbonyl (C=O) groups is 1. The molecule has 152 valence electrons. The molecule has 0 aliphatic heterocycles. The van der Waals surface area contributed by atoms with Gasteiger partial charge in [0.25, 0.3) is 0 Å². The summed E-state index contributed by atoms with van der Waals surface area (Å²) in [7, 11) is 1.64. The van der Waals surface area contributed by atoms with Crippen molar-refractivity contribution in [2.45, 2.75) is 31.8 Å². The fraction of sp³-hybridized carbons (Fsp3) is 0.318. The Morgan fingerprint density at radius 1 is 1.17 bits per heavy atom. The first-order chi connectivity index (χ1) is 14.1. The molecular formula is C22H26N4O2S. The number of aryl methyl sites for hydroxylation is 1. The predicted octanol–water partition coefficient (Wildman–Crippen LogP) is 4.26. The van der Waals surface area contributed by atoms with Crippen LogP contribution in [0.25, 0.3) is 17.1 Å². The van der Waals surface area contributed by atoms with Gasteiger partial charge in [-0.15, -0.1) is 10.2 Å². The molecule has 2 aromatic carbocycles. The molecule has 0 aliphatic rings. The van der Waals surface area contributed by atoms with Crippen molar-refractivity contribution in [2.75, 3.05) is 19.4 Å². The minimum Gasteiger partial charge on any atom is -0.497 e. The van der Waals surface area contributed by atoms with Crippen LogP contribution < -0.4 is 10.1 Å². The minimum atomic E-state index is 0.00448. The zero-order valence-corrected chi connectivity index (χ0v) is 17.8. The van der Waals surface area contributed by atoms with E-state index in [0.29, 0.717) is 17.5 Å². The molecule has 0 bridgehead atoms. The Labute approximate surface area is 175 Å². The standard InChI is InChI=1S/C22H26N4O2S/c1-4-5-13-23-20(27)15-29-22-25-24-21(17-8-6-7-16(2)14-17)26(22)18-9-11-19(28-3)12-10-18/h6-12,14H,4-5,13,15H2,1-3H3,(H,23,27). The highest BCUT2D eigenvalue weighted by molar-refractivity contribution is 7.99. The summed E-state index contributed by atoms with van der Waals surface area (Å²) in [5.74, 6) is 1.83. The molecule has 0 spiro atoms. The molecular weight excluding hydrogens is 384 g/mol. The fourth-order valence-electron chi connectivity index (χ4n) is 2.88. The van der Waals surface area contributed by atoms with E-state index in [1.807, 2.05) is 54.0 Å². The summed E-state index contributed by atoms with van der Waals surface area (Å²) >= 11 is 1.38. The van der Waals surface area contributed by atoms with Gasteiger partial charge in [0.2, 0.25) is 5.91 Å². The van der Waals surface area contributed by atoms with Crippen molar-refractivity contribution < 1.29 is 9.53 Å². The van der Waals surface area contributed by atoms with Gasteiger partial charge >= 0.3 is 0 Å². The summed E-state index contributed by atoms with van der Waals surface area (Å²) in [5.41, 5.74) is 3.05. The van der Waals surface area contributed by atoms with E-state index >= 15 is 0 Å². The maximum absolute atomic E-state index is 12.1. The summed E-state index contributed by atoms with van der Waals surface area (Å²) in [6.07, 6.45) is 2.04. The van der Waals surface area contributed by atoms with Gasteiger partial charge in [-0.2, -0.15) is 0 Å². The first kappa shape index (κ1) is 20.9. The van der Waals surface area contributed by atoms with Crippen LogP contribution in [0, 0.1) is 6.92 Å². The van der Waals surface area contributed by atoms with Gasteiger partial charge in [-0.25, -0.2) is 0 Å². The molecule has 0 atom stereocenters. The molecule has 6 nitrogen and oxygen atoms in total. The molecule has 29 heavy (non-hydrogen) atoms. The molecule has 0 radical (unpaired) electrons. The number of aromatic nitrogens is 3. The van der Waals surface area contributed by atoms with Crippen molar-refractivity contribution in [3.8, 4) is 22.8 Å². The maximum Gasteiger partial charge on any atom is 0.230 e. The highest BCUT2D eigenvalue weighted by Gasteiger charge is 2.17. The Morgan fingerprint density at radius 2 is 1.97 bits per heavy atom. The van der Waals surface area contributed by atoms with Crippen LogP contribution in [0.15, 0.2) is 53.7 Å². The van der Waals surface area contributed by atoms with E-state index in [0.717, 1.165) is 41.2 Å². The van der Waals surface area contributed by atoms with Crippen LogP contribution in [0.4, 0.5) is 0 Å². The van der Waals surface area contributed by atoms with Crippen LogP contribution in [0.3, 0.4) is 0 Å². The summed E-state index contributed by atoms with van der Waals surface area (Å²) in [4.78, 5) is 12.1. The molecule has 0 unspecified atom stereocenters. The Hall–Kier alpha value is -2.80. The number of nitrogens with one attached hydrogen (secondary N) is 1. The third-order valence-electron chi connectivity index (χ3n) is 4.43.